The molecule has 0 aliphatic carbocycles. The lowest BCUT2D eigenvalue weighted by Gasteiger charge is -2.13. The van der Waals surface area contributed by atoms with Gasteiger partial charge >= 0.3 is 0 Å². The predicted molar refractivity (Wildman–Crippen MR) is 257 cm³/mol. The molecule has 0 saturated heterocycles. The van der Waals surface area contributed by atoms with E-state index < -0.39 is 0 Å². The second kappa shape index (κ2) is 13.9. The van der Waals surface area contributed by atoms with E-state index in [9.17, 15) is 0 Å². The van der Waals surface area contributed by atoms with Gasteiger partial charge in [-0.05, 0) is 71.8 Å². The Morgan fingerprint density at radius 3 is 1.52 bits per heavy atom. The first-order valence-electron chi connectivity index (χ1n) is 21.1. The van der Waals surface area contributed by atoms with Crippen LogP contribution in [-0.2, 0) is 0 Å². The maximum Gasteiger partial charge on any atom is 0.235 e. The zero-order valence-corrected chi connectivity index (χ0v) is 33.8. The number of rotatable bonds is 6. The summed E-state index contributed by atoms with van der Waals surface area (Å²) in [6.45, 7) is 0. The van der Waals surface area contributed by atoms with E-state index in [1.54, 1.807) is 0 Å². The highest BCUT2D eigenvalue weighted by Crippen LogP contribution is 2.39. The van der Waals surface area contributed by atoms with Crippen LogP contribution < -0.4 is 0 Å². The molecular formula is C56H35N7. The Hall–Kier alpha value is -8.68. The molecule has 13 rings (SSSR count). The van der Waals surface area contributed by atoms with Gasteiger partial charge in [-0.25, -0.2) is 9.97 Å². The van der Waals surface area contributed by atoms with Gasteiger partial charge in [-0.2, -0.15) is 0 Å². The van der Waals surface area contributed by atoms with E-state index in [1.807, 2.05) is 36.8 Å². The maximum atomic E-state index is 5.27. The molecule has 63 heavy (non-hydrogen) atoms. The molecule has 6 aromatic heterocycles. The van der Waals surface area contributed by atoms with Gasteiger partial charge in [0, 0.05) is 44.3 Å². The van der Waals surface area contributed by atoms with Crippen molar-refractivity contribution in [3.8, 4) is 51.0 Å². The van der Waals surface area contributed by atoms with Crippen LogP contribution in [0.3, 0.4) is 0 Å². The summed E-state index contributed by atoms with van der Waals surface area (Å²) in [5.74, 6) is 0.630. The van der Waals surface area contributed by atoms with Crippen LogP contribution >= 0.6 is 0 Å². The normalized spacial score (nSPS) is 11.8. The zero-order valence-electron chi connectivity index (χ0n) is 33.8. The van der Waals surface area contributed by atoms with E-state index in [1.165, 1.54) is 10.8 Å². The zero-order chi connectivity index (χ0) is 41.4. The van der Waals surface area contributed by atoms with E-state index in [-0.39, 0.29) is 0 Å². The molecule has 0 aliphatic heterocycles. The molecule has 0 atom stereocenters. The summed E-state index contributed by atoms with van der Waals surface area (Å²) in [4.78, 5) is 20.2. The lowest BCUT2D eigenvalue weighted by Crippen LogP contribution is -2.04. The first kappa shape index (κ1) is 35.1. The summed E-state index contributed by atoms with van der Waals surface area (Å²) in [6.07, 6.45) is 5.76. The summed E-state index contributed by atoms with van der Waals surface area (Å²) in [5.41, 5.74) is 15.5. The first-order valence-corrected chi connectivity index (χ1v) is 21.1. The Morgan fingerprint density at radius 1 is 0.317 bits per heavy atom. The molecule has 0 radical (unpaired) electrons. The maximum absolute atomic E-state index is 5.27. The highest BCUT2D eigenvalue weighted by molar-refractivity contribution is 6.12. The van der Waals surface area contributed by atoms with Crippen molar-refractivity contribution in [3.63, 3.8) is 0 Å². The minimum absolute atomic E-state index is 0.630. The number of nitrogens with zero attached hydrogens (tertiary/aromatic N) is 7. The predicted octanol–water partition coefficient (Wildman–Crippen LogP) is 13.6. The first-order chi connectivity index (χ1) is 31.2. The number of hydrogen-bond acceptors (Lipinski definition) is 4. The SMILES string of the molecule is c1ccc(-c2cc(-c3ccccc3)nc(-n3c4ccccc4c4ccc(-c5ccc6c(c5)c5ccccc5n6-c5cncc(-n6c7ccccc7c7ncccc76)c5)cc43)n2)cc1. The number of hydrogen-bond donors (Lipinski definition) is 0. The van der Waals surface area contributed by atoms with Gasteiger partial charge in [-0.3, -0.25) is 14.5 Å². The smallest absolute Gasteiger partial charge is 0.235 e. The lowest BCUT2D eigenvalue weighted by atomic mass is 10.0. The number of para-hydroxylation sites is 3. The second-order valence-corrected chi connectivity index (χ2v) is 16.0. The number of fused-ring (bicyclic) bond motifs is 9. The van der Waals surface area contributed by atoms with Crippen LogP contribution in [0.15, 0.2) is 213 Å². The van der Waals surface area contributed by atoms with Gasteiger partial charge in [0.1, 0.15) is 0 Å². The molecule has 294 valence electrons. The Labute approximate surface area is 361 Å². The second-order valence-electron chi connectivity index (χ2n) is 16.0. The third-order valence-corrected chi connectivity index (χ3v) is 12.4. The van der Waals surface area contributed by atoms with Crippen molar-refractivity contribution in [1.82, 2.24) is 33.6 Å². The topological polar surface area (TPSA) is 66.3 Å². The fourth-order valence-electron chi connectivity index (χ4n) is 9.57. The fourth-order valence-corrected chi connectivity index (χ4v) is 9.57. The monoisotopic (exact) mass is 805 g/mol. The number of aromatic nitrogens is 7. The summed E-state index contributed by atoms with van der Waals surface area (Å²) in [7, 11) is 0. The van der Waals surface area contributed by atoms with Crippen LogP contribution in [0, 0.1) is 0 Å². The van der Waals surface area contributed by atoms with Gasteiger partial charge in [0.05, 0.1) is 73.8 Å². The fraction of sp³-hybridized carbons (Fsp3) is 0. The Kier molecular flexibility index (Phi) is 7.77. The van der Waals surface area contributed by atoms with Crippen molar-refractivity contribution in [2.24, 2.45) is 0 Å². The average Bonchev–Trinajstić information content (AvgIpc) is 4.00. The molecule has 0 bridgehead atoms. The van der Waals surface area contributed by atoms with E-state index in [0.29, 0.717) is 5.95 Å². The van der Waals surface area contributed by atoms with Crippen LogP contribution in [0.2, 0.25) is 0 Å². The number of benzene rings is 7. The molecule has 7 aromatic carbocycles. The van der Waals surface area contributed by atoms with E-state index in [4.69, 9.17) is 19.9 Å². The molecule has 7 nitrogen and oxygen atoms in total. The summed E-state index contributed by atoms with van der Waals surface area (Å²) in [6, 6.07) is 68.4. The van der Waals surface area contributed by atoms with Gasteiger partial charge in [0.25, 0.3) is 0 Å². The van der Waals surface area contributed by atoms with Crippen LogP contribution in [0.25, 0.3) is 117 Å². The summed E-state index contributed by atoms with van der Waals surface area (Å²) in [5, 5.41) is 5.76. The van der Waals surface area contributed by atoms with Crippen molar-refractivity contribution >= 4 is 65.5 Å². The van der Waals surface area contributed by atoms with Crippen molar-refractivity contribution in [3.05, 3.63) is 213 Å². The van der Waals surface area contributed by atoms with E-state index >= 15 is 0 Å². The molecule has 0 amide bonds. The van der Waals surface area contributed by atoms with Crippen LogP contribution in [0.1, 0.15) is 0 Å². The lowest BCUT2D eigenvalue weighted by molar-refractivity contribution is 0.996. The average molecular weight is 806 g/mol. The molecule has 0 fully saturated rings. The molecular weight excluding hydrogens is 771 g/mol. The van der Waals surface area contributed by atoms with E-state index in [2.05, 4.69) is 190 Å². The van der Waals surface area contributed by atoms with Gasteiger partial charge < -0.3 is 9.13 Å². The van der Waals surface area contributed by atoms with Gasteiger partial charge in [0.2, 0.25) is 5.95 Å². The highest BCUT2D eigenvalue weighted by Gasteiger charge is 2.20. The Bertz CT molecular complexity index is 3810. The summed E-state index contributed by atoms with van der Waals surface area (Å²) < 4.78 is 6.82. The van der Waals surface area contributed by atoms with Gasteiger partial charge in [0.15, 0.2) is 0 Å². The van der Waals surface area contributed by atoms with Gasteiger partial charge in [-0.1, -0.05) is 133 Å². The van der Waals surface area contributed by atoms with Crippen LogP contribution in [0.5, 0.6) is 0 Å². The van der Waals surface area contributed by atoms with Crippen molar-refractivity contribution < 1.29 is 0 Å². The third-order valence-electron chi connectivity index (χ3n) is 12.4. The standard InChI is InChI=1S/C56H35N7/c1-3-14-36(15-4-1)47-33-48(37-16-5-2-6-17-37)60-56(59-47)63-50-22-11-7-18-42(50)44-27-25-39(31-54(44)63)38-26-28-52-46(30-38)43-19-8-10-21-49(43)61(52)40-32-41(35-57-34-40)62-51-23-12-9-20-45(51)55-53(62)24-13-29-58-55/h1-35H. The molecule has 0 N–H and O–H groups in total. The molecule has 6 heterocycles. The van der Waals surface area contributed by atoms with Gasteiger partial charge in [-0.15, -0.1) is 0 Å². The number of pyridine rings is 2. The molecule has 0 unspecified atom stereocenters. The molecule has 0 saturated carbocycles. The largest absolute Gasteiger partial charge is 0.308 e. The third kappa shape index (κ3) is 5.53. The minimum atomic E-state index is 0.630. The summed E-state index contributed by atoms with van der Waals surface area (Å²) >= 11 is 0. The Balaban J connectivity index is 0.983. The van der Waals surface area contributed by atoms with Crippen LogP contribution in [0.4, 0.5) is 0 Å². The molecule has 0 spiro atoms. The quantitative estimate of drug-likeness (QED) is 0.168. The van der Waals surface area contributed by atoms with Crippen LogP contribution in [-0.4, -0.2) is 33.6 Å². The minimum Gasteiger partial charge on any atom is -0.308 e. The van der Waals surface area contributed by atoms with Crippen molar-refractivity contribution in [1.29, 1.82) is 0 Å². The highest BCUT2D eigenvalue weighted by atomic mass is 15.2. The van der Waals surface area contributed by atoms with Crippen molar-refractivity contribution in [2.75, 3.05) is 0 Å². The molecule has 7 heteroatoms. The molecule has 0 aliphatic rings. The molecule has 13 aromatic rings. The van der Waals surface area contributed by atoms with Crippen molar-refractivity contribution in [2.45, 2.75) is 0 Å². The Morgan fingerprint density at radius 2 is 0.825 bits per heavy atom. The van der Waals surface area contributed by atoms with E-state index in [0.717, 1.165) is 99.8 Å².